The number of benzene rings is 1. The van der Waals surface area contributed by atoms with E-state index in [0.29, 0.717) is 0 Å². The average Bonchev–Trinajstić information content (AvgIpc) is 2.75. The van der Waals surface area contributed by atoms with Crippen LogP contribution in [0.3, 0.4) is 0 Å². The number of nitrogens with zero attached hydrogens (tertiary/aromatic N) is 5. The summed E-state index contributed by atoms with van der Waals surface area (Å²) in [7, 11) is 1.70. The smallest absolute Gasteiger partial charge is 0.160 e. The van der Waals surface area contributed by atoms with Crippen molar-refractivity contribution in [1.29, 1.82) is 0 Å². The molecular formula is C21H23N5O. The molecule has 1 saturated heterocycles. The van der Waals surface area contributed by atoms with Crippen molar-refractivity contribution in [3.63, 3.8) is 0 Å². The second-order valence-electron chi connectivity index (χ2n) is 6.57. The fourth-order valence-corrected chi connectivity index (χ4v) is 3.30. The number of piperazine rings is 1. The van der Waals surface area contributed by atoms with Crippen LogP contribution < -0.4 is 9.64 Å². The van der Waals surface area contributed by atoms with Gasteiger partial charge in [-0.05, 0) is 42.5 Å². The second-order valence-corrected chi connectivity index (χ2v) is 6.57. The van der Waals surface area contributed by atoms with E-state index >= 15 is 0 Å². The van der Waals surface area contributed by atoms with Crippen LogP contribution in [0, 0.1) is 0 Å². The van der Waals surface area contributed by atoms with Crippen molar-refractivity contribution in [2.24, 2.45) is 0 Å². The molecule has 0 amide bonds. The van der Waals surface area contributed by atoms with E-state index in [1.165, 1.54) is 5.69 Å². The fraction of sp³-hybridized carbons (Fsp3) is 0.286. The summed E-state index contributed by atoms with van der Waals surface area (Å²) in [5.41, 5.74) is 3.24. The van der Waals surface area contributed by atoms with Crippen molar-refractivity contribution in [2.75, 3.05) is 38.2 Å². The van der Waals surface area contributed by atoms with Gasteiger partial charge in [0.05, 0.1) is 12.8 Å². The highest BCUT2D eigenvalue weighted by atomic mass is 16.5. The van der Waals surface area contributed by atoms with Gasteiger partial charge < -0.3 is 9.64 Å². The van der Waals surface area contributed by atoms with Crippen molar-refractivity contribution in [1.82, 2.24) is 19.9 Å². The number of aromatic nitrogens is 3. The lowest BCUT2D eigenvalue weighted by molar-refractivity contribution is 0.247. The van der Waals surface area contributed by atoms with Crippen LogP contribution in [0.1, 0.15) is 5.69 Å². The number of anilines is 1. The van der Waals surface area contributed by atoms with Crippen LogP contribution in [-0.4, -0.2) is 53.1 Å². The minimum absolute atomic E-state index is 0.734. The number of hydrogen-bond acceptors (Lipinski definition) is 6. The monoisotopic (exact) mass is 361 g/mol. The van der Waals surface area contributed by atoms with Crippen molar-refractivity contribution in [3.05, 3.63) is 66.7 Å². The molecule has 0 bridgehead atoms. The standard InChI is InChI=1S/C21H23N5O/c1-27-20-6-4-19(5-7-20)26-13-11-25(12-14-26)16-18-8-10-23-21(24-18)17-3-2-9-22-15-17/h2-10,15H,11-14,16H2,1H3. The summed E-state index contributed by atoms with van der Waals surface area (Å²) < 4.78 is 5.24. The van der Waals surface area contributed by atoms with Crippen molar-refractivity contribution in [2.45, 2.75) is 6.54 Å². The maximum atomic E-state index is 5.24. The van der Waals surface area contributed by atoms with Crippen molar-refractivity contribution >= 4 is 5.69 Å². The Labute approximate surface area is 159 Å². The Bertz CT molecular complexity index is 861. The van der Waals surface area contributed by atoms with Gasteiger partial charge in [0.15, 0.2) is 5.82 Å². The number of pyridine rings is 1. The normalized spacial score (nSPS) is 14.9. The van der Waals surface area contributed by atoms with Crippen LogP contribution in [0.25, 0.3) is 11.4 Å². The Morgan fingerprint density at radius 3 is 2.48 bits per heavy atom. The number of rotatable bonds is 5. The maximum absolute atomic E-state index is 5.24. The summed E-state index contributed by atoms with van der Waals surface area (Å²) in [6, 6.07) is 14.2. The minimum Gasteiger partial charge on any atom is -0.497 e. The molecule has 1 aromatic carbocycles. The average molecular weight is 361 g/mol. The molecule has 1 aliphatic rings. The predicted octanol–water partition coefficient (Wildman–Crippen LogP) is 2.87. The molecule has 0 N–H and O–H groups in total. The van der Waals surface area contributed by atoms with Crippen molar-refractivity contribution in [3.8, 4) is 17.1 Å². The molecule has 3 aromatic rings. The van der Waals surface area contributed by atoms with Gasteiger partial charge in [-0.2, -0.15) is 0 Å². The Morgan fingerprint density at radius 1 is 0.963 bits per heavy atom. The van der Waals surface area contributed by atoms with Crippen LogP contribution in [0.4, 0.5) is 5.69 Å². The number of hydrogen-bond donors (Lipinski definition) is 0. The van der Waals surface area contributed by atoms with Gasteiger partial charge in [-0.3, -0.25) is 9.88 Å². The molecule has 6 nitrogen and oxygen atoms in total. The zero-order chi connectivity index (χ0) is 18.5. The first-order valence-electron chi connectivity index (χ1n) is 9.15. The van der Waals surface area contributed by atoms with Gasteiger partial charge in [0.25, 0.3) is 0 Å². The molecule has 3 heterocycles. The third kappa shape index (κ3) is 4.23. The van der Waals surface area contributed by atoms with E-state index in [-0.39, 0.29) is 0 Å². The summed E-state index contributed by atoms with van der Waals surface area (Å²) in [5.74, 6) is 1.63. The molecule has 6 heteroatoms. The van der Waals surface area contributed by atoms with E-state index in [1.54, 1.807) is 19.5 Å². The van der Waals surface area contributed by atoms with Gasteiger partial charge in [-0.15, -0.1) is 0 Å². The number of methoxy groups -OCH3 is 1. The molecule has 4 rings (SSSR count). The van der Waals surface area contributed by atoms with Gasteiger partial charge in [-0.1, -0.05) is 0 Å². The van der Waals surface area contributed by atoms with Crippen LogP contribution in [-0.2, 0) is 6.54 Å². The first-order chi connectivity index (χ1) is 13.3. The molecule has 1 aliphatic heterocycles. The van der Waals surface area contributed by atoms with Crippen molar-refractivity contribution < 1.29 is 4.74 Å². The van der Waals surface area contributed by atoms with E-state index in [2.05, 4.69) is 31.9 Å². The Kier molecular flexibility index (Phi) is 5.25. The Hall–Kier alpha value is -2.99. The molecule has 0 atom stereocenters. The molecule has 27 heavy (non-hydrogen) atoms. The third-order valence-corrected chi connectivity index (χ3v) is 4.83. The van der Waals surface area contributed by atoms with Gasteiger partial charge >= 0.3 is 0 Å². The Balaban J connectivity index is 1.36. The van der Waals surface area contributed by atoms with Crippen LogP contribution >= 0.6 is 0 Å². The Morgan fingerprint density at radius 2 is 1.78 bits per heavy atom. The topological polar surface area (TPSA) is 54.4 Å². The third-order valence-electron chi connectivity index (χ3n) is 4.83. The highest BCUT2D eigenvalue weighted by molar-refractivity contribution is 5.52. The summed E-state index contributed by atoms with van der Waals surface area (Å²) in [6.07, 6.45) is 5.39. The zero-order valence-corrected chi connectivity index (χ0v) is 15.5. The van der Waals surface area contributed by atoms with E-state index in [0.717, 1.165) is 55.6 Å². The van der Waals surface area contributed by atoms with Crippen LogP contribution in [0.5, 0.6) is 5.75 Å². The molecular weight excluding hydrogens is 338 g/mol. The largest absolute Gasteiger partial charge is 0.497 e. The predicted molar refractivity (Wildman–Crippen MR) is 106 cm³/mol. The lowest BCUT2D eigenvalue weighted by Gasteiger charge is -2.36. The summed E-state index contributed by atoms with van der Waals surface area (Å²) in [4.78, 5) is 18.1. The molecule has 1 fully saturated rings. The lowest BCUT2D eigenvalue weighted by atomic mass is 10.2. The van der Waals surface area contributed by atoms with Crippen LogP contribution in [0.15, 0.2) is 61.1 Å². The lowest BCUT2D eigenvalue weighted by Crippen LogP contribution is -2.46. The number of ether oxygens (including phenoxy) is 1. The highest BCUT2D eigenvalue weighted by Gasteiger charge is 2.18. The molecule has 0 radical (unpaired) electrons. The summed E-state index contributed by atoms with van der Waals surface area (Å²) in [5, 5.41) is 0. The summed E-state index contributed by atoms with van der Waals surface area (Å²) in [6.45, 7) is 4.88. The van der Waals surface area contributed by atoms with E-state index in [9.17, 15) is 0 Å². The van der Waals surface area contributed by atoms with Gasteiger partial charge in [-0.25, -0.2) is 9.97 Å². The summed E-state index contributed by atoms with van der Waals surface area (Å²) >= 11 is 0. The molecule has 0 aliphatic carbocycles. The fourth-order valence-electron chi connectivity index (χ4n) is 3.30. The van der Waals surface area contributed by atoms with Gasteiger partial charge in [0.1, 0.15) is 5.75 Å². The van der Waals surface area contributed by atoms with E-state index in [1.807, 2.05) is 36.5 Å². The quantitative estimate of drug-likeness (QED) is 0.697. The molecule has 0 saturated carbocycles. The maximum Gasteiger partial charge on any atom is 0.160 e. The highest BCUT2D eigenvalue weighted by Crippen LogP contribution is 2.21. The van der Waals surface area contributed by atoms with Gasteiger partial charge in [0.2, 0.25) is 0 Å². The minimum atomic E-state index is 0.734. The van der Waals surface area contributed by atoms with E-state index < -0.39 is 0 Å². The zero-order valence-electron chi connectivity index (χ0n) is 15.5. The van der Waals surface area contributed by atoms with E-state index in [4.69, 9.17) is 9.72 Å². The SMILES string of the molecule is COc1ccc(N2CCN(Cc3ccnc(-c4cccnc4)n3)CC2)cc1. The second kappa shape index (κ2) is 8.14. The molecule has 0 unspecified atom stereocenters. The first kappa shape index (κ1) is 17.4. The molecule has 2 aromatic heterocycles. The molecule has 0 spiro atoms. The van der Waals surface area contributed by atoms with Gasteiger partial charge in [0, 0.05) is 62.6 Å². The van der Waals surface area contributed by atoms with Crippen LogP contribution in [0.2, 0.25) is 0 Å². The molecule has 138 valence electrons. The first-order valence-corrected chi connectivity index (χ1v) is 9.15.